The van der Waals surface area contributed by atoms with E-state index >= 15 is 0 Å². The molecule has 0 bridgehead atoms. The third-order valence-corrected chi connectivity index (χ3v) is 1.76. The van der Waals surface area contributed by atoms with Gasteiger partial charge >= 0.3 is 0 Å². The van der Waals surface area contributed by atoms with Gasteiger partial charge in [0.25, 0.3) is 0 Å². The maximum absolute atomic E-state index is 5.76. The largest absolute Gasteiger partial charge is 0.362 e. The lowest BCUT2D eigenvalue weighted by Crippen LogP contribution is -2.14. The Labute approximate surface area is 77.1 Å². The number of aromatic nitrogens is 1. The Balaban J connectivity index is 3.11. The molecule has 0 atom stereocenters. The Hall–Kier alpha value is -0.800. The van der Waals surface area contributed by atoms with Crippen molar-refractivity contribution in [1.29, 1.82) is 0 Å². The maximum Gasteiger partial charge on any atom is 0.132 e. The first-order chi connectivity index (χ1) is 5.65. The summed E-state index contributed by atoms with van der Waals surface area (Å²) >= 11 is 5.76. The number of hydrogen-bond acceptors (Lipinski definition) is 3. The van der Waals surface area contributed by atoms with Crippen LogP contribution in [0, 0.1) is 0 Å². The molecule has 1 aromatic heterocycles. The number of pyridine rings is 1. The summed E-state index contributed by atoms with van der Waals surface area (Å²) in [5.74, 6) is 0.877. The first-order valence-electron chi connectivity index (χ1n) is 3.67. The molecule has 0 aliphatic rings. The van der Waals surface area contributed by atoms with Crippen LogP contribution in [0.25, 0.3) is 0 Å². The molecule has 0 unspecified atom stereocenters. The van der Waals surface area contributed by atoms with E-state index < -0.39 is 0 Å². The number of hydrogen-bond donors (Lipinski definition) is 1. The van der Waals surface area contributed by atoms with E-state index in [1.54, 1.807) is 6.20 Å². The Morgan fingerprint density at radius 3 is 2.75 bits per heavy atom. The summed E-state index contributed by atoms with van der Waals surface area (Å²) in [5.41, 5.74) is 6.50. The highest BCUT2D eigenvalue weighted by atomic mass is 35.5. The zero-order valence-electron chi connectivity index (χ0n) is 7.21. The SMILES string of the molecule is CN(C)c1ncc(Cl)cc1CN. The van der Waals surface area contributed by atoms with Gasteiger partial charge in [0.15, 0.2) is 0 Å². The summed E-state index contributed by atoms with van der Waals surface area (Å²) in [6, 6.07) is 1.84. The van der Waals surface area contributed by atoms with Crippen molar-refractivity contribution < 1.29 is 0 Å². The second-order valence-electron chi connectivity index (χ2n) is 2.73. The standard InChI is InChI=1S/C8H12ClN3/c1-12(2)8-6(4-10)3-7(9)5-11-8/h3,5H,4,10H2,1-2H3. The van der Waals surface area contributed by atoms with Gasteiger partial charge in [-0.05, 0) is 6.07 Å². The molecule has 0 spiro atoms. The normalized spacial score (nSPS) is 10.0. The van der Waals surface area contributed by atoms with Gasteiger partial charge in [-0.15, -0.1) is 0 Å². The zero-order chi connectivity index (χ0) is 9.14. The molecule has 2 N–H and O–H groups in total. The topological polar surface area (TPSA) is 42.2 Å². The average Bonchev–Trinajstić information content (AvgIpc) is 2.03. The van der Waals surface area contributed by atoms with E-state index in [1.807, 2.05) is 25.1 Å². The fraction of sp³-hybridized carbons (Fsp3) is 0.375. The summed E-state index contributed by atoms with van der Waals surface area (Å²) in [6.45, 7) is 0.459. The number of halogens is 1. The lowest BCUT2D eigenvalue weighted by atomic mass is 10.2. The van der Waals surface area contributed by atoms with Gasteiger partial charge in [0.05, 0.1) is 5.02 Å². The molecule has 4 heteroatoms. The molecule has 0 fully saturated rings. The van der Waals surface area contributed by atoms with E-state index in [-0.39, 0.29) is 0 Å². The van der Waals surface area contributed by atoms with Crippen LogP contribution in [0.5, 0.6) is 0 Å². The van der Waals surface area contributed by atoms with Crippen molar-refractivity contribution in [3.05, 3.63) is 22.8 Å². The Morgan fingerprint density at radius 1 is 1.58 bits per heavy atom. The summed E-state index contributed by atoms with van der Waals surface area (Å²) in [7, 11) is 3.85. The van der Waals surface area contributed by atoms with Crippen LogP contribution in [0.15, 0.2) is 12.3 Å². The van der Waals surface area contributed by atoms with Crippen molar-refractivity contribution in [2.24, 2.45) is 5.73 Å². The van der Waals surface area contributed by atoms with Crippen molar-refractivity contribution >= 4 is 17.4 Å². The number of anilines is 1. The monoisotopic (exact) mass is 185 g/mol. The van der Waals surface area contributed by atoms with Gasteiger partial charge in [0.1, 0.15) is 5.82 Å². The van der Waals surface area contributed by atoms with Crippen LogP contribution in [-0.2, 0) is 6.54 Å². The van der Waals surface area contributed by atoms with E-state index in [9.17, 15) is 0 Å². The molecule has 0 saturated carbocycles. The second kappa shape index (κ2) is 3.74. The average molecular weight is 186 g/mol. The predicted molar refractivity (Wildman–Crippen MR) is 51.5 cm³/mol. The fourth-order valence-electron chi connectivity index (χ4n) is 1.03. The molecule has 0 aromatic carbocycles. The smallest absolute Gasteiger partial charge is 0.132 e. The van der Waals surface area contributed by atoms with Gasteiger partial charge in [-0.2, -0.15) is 0 Å². The Kier molecular flexibility index (Phi) is 2.89. The molecule has 1 heterocycles. The lowest BCUT2D eigenvalue weighted by molar-refractivity contribution is 0.986. The molecule has 12 heavy (non-hydrogen) atoms. The molecule has 0 aliphatic heterocycles. The number of nitrogens with two attached hydrogens (primary N) is 1. The van der Waals surface area contributed by atoms with E-state index in [2.05, 4.69) is 4.98 Å². The Morgan fingerprint density at radius 2 is 2.25 bits per heavy atom. The molecule has 0 saturated heterocycles. The summed E-state index contributed by atoms with van der Waals surface area (Å²) in [4.78, 5) is 6.08. The van der Waals surface area contributed by atoms with Gasteiger partial charge in [-0.25, -0.2) is 4.98 Å². The van der Waals surface area contributed by atoms with Crippen LogP contribution in [0.3, 0.4) is 0 Å². The summed E-state index contributed by atoms with van der Waals surface area (Å²) in [5, 5.41) is 0.626. The number of nitrogens with zero attached hydrogens (tertiary/aromatic N) is 2. The maximum atomic E-state index is 5.76. The third-order valence-electron chi connectivity index (χ3n) is 1.55. The lowest BCUT2D eigenvalue weighted by Gasteiger charge is -2.14. The highest BCUT2D eigenvalue weighted by molar-refractivity contribution is 6.30. The van der Waals surface area contributed by atoms with E-state index in [0.717, 1.165) is 11.4 Å². The summed E-state index contributed by atoms with van der Waals surface area (Å²) < 4.78 is 0. The van der Waals surface area contributed by atoms with Gasteiger partial charge in [0, 0.05) is 32.4 Å². The van der Waals surface area contributed by atoms with E-state index in [4.69, 9.17) is 17.3 Å². The van der Waals surface area contributed by atoms with E-state index in [0.29, 0.717) is 11.6 Å². The van der Waals surface area contributed by atoms with Crippen molar-refractivity contribution in [3.63, 3.8) is 0 Å². The van der Waals surface area contributed by atoms with Crippen molar-refractivity contribution in [2.45, 2.75) is 6.54 Å². The van der Waals surface area contributed by atoms with Gasteiger partial charge < -0.3 is 10.6 Å². The minimum absolute atomic E-state index is 0.459. The quantitative estimate of drug-likeness (QED) is 0.755. The molecule has 0 amide bonds. The van der Waals surface area contributed by atoms with E-state index in [1.165, 1.54) is 0 Å². The van der Waals surface area contributed by atoms with Gasteiger partial charge in [-0.1, -0.05) is 11.6 Å². The number of rotatable bonds is 2. The minimum Gasteiger partial charge on any atom is -0.362 e. The van der Waals surface area contributed by atoms with Crippen LogP contribution in [0.4, 0.5) is 5.82 Å². The van der Waals surface area contributed by atoms with Gasteiger partial charge in [0.2, 0.25) is 0 Å². The van der Waals surface area contributed by atoms with Crippen molar-refractivity contribution in [1.82, 2.24) is 4.98 Å². The fourth-order valence-corrected chi connectivity index (χ4v) is 1.21. The second-order valence-corrected chi connectivity index (χ2v) is 3.17. The molecular weight excluding hydrogens is 174 g/mol. The minimum atomic E-state index is 0.459. The third kappa shape index (κ3) is 1.87. The van der Waals surface area contributed by atoms with Crippen LogP contribution >= 0.6 is 11.6 Å². The zero-order valence-corrected chi connectivity index (χ0v) is 7.97. The highest BCUT2D eigenvalue weighted by Crippen LogP contribution is 2.18. The van der Waals surface area contributed by atoms with Crippen LogP contribution in [0.2, 0.25) is 5.02 Å². The molecule has 3 nitrogen and oxygen atoms in total. The highest BCUT2D eigenvalue weighted by Gasteiger charge is 2.04. The molecular formula is C8H12ClN3. The first kappa shape index (κ1) is 9.29. The molecule has 1 rings (SSSR count). The molecule has 1 aromatic rings. The first-order valence-corrected chi connectivity index (χ1v) is 4.04. The molecule has 0 aliphatic carbocycles. The van der Waals surface area contributed by atoms with Gasteiger partial charge in [-0.3, -0.25) is 0 Å². The van der Waals surface area contributed by atoms with Crippen molar-refractivity contribution in [2.75, 3.05) is 19.0 Å². The van der Waals surface area contributed by atoms with Crippen molar-refractivity contribution in [3.8, 4) is 0 Å². The summed E-state index contributed by atoms with van der Waals surface area (Å²) in [6.07, 6.45) is 1.62. The molecule has 66 valence electrons. The molecule has 0 radical (unpaired) electrons. The van der Waals surface area contributed by atoms with Crippen LogP contribution in [-0.4, -0.2) is 19.1 Å². The predicted octanol–water partition coefficient (Wildman–Crippen LogP) is 1.26. The van der Waals surface area contributed by atoms with Crippen LogP contribution < -0.4 is 10.6 Å². The Bertz CT molecular complexity index is 273. The van der Waals surface area contributed by atoms with Crippen LogP contribution in [0.1, 0.15) is 5.56 Å².